The zero-order valence-corrected chi connectivity index (χ0v) is 16.9. The number of thiazole rings is 1. The molecule has 4 rings (SSSR count). The summed E-state index contributed by atoms with van der Waals surface area (Å²) in [6, 6.07) is 20.4. The molecular formula is C24H19N3O2S. The molecule has 148 valence electrons. The molecule has 0 saturated carbocycles. The number of rotatable bonds is 7. The molecule has 5 nitrogen and oxygen atoms in total. The van der Waals surface area contributed by atoms with Crippen LogP contribution in [-0.4, -0.2) is 21.7 Å². The first-order valence-corrected chi connectivity index (χ1v) is 10.4. The molecule has 1 amide bonds. The Labute approximate surface area is 178 Å². The Morgan fingerprint density at radius 3 is 2.53 bits per heavy atom. The van der Waals surface area contributed by atoms with E-state index in [4.69, 9.17) is 0 Å². The Balaban J connectivity index is 1.39. The van der Waals surface area contributed by atoms with Crippen LogP contribution in [0.15, 0.2) is 84.5 Å². The van der Waals surface area contributed by atoms with E-state index in [1.807, 2.05) is 60.0 Å². The minimum Gasteiger partial charge on any atom is -0.326 e. The molecule has 0 radical (unpaired) electrons. The second-order valence-corrected chi connectivity index (χ2v) is 7.56. The van der Waals surface area contributed by atoms with Crippen molar-refractivity contribution in [2.24, 2.45) is 0 Å². The fraction of sp³-hybridized carbons (Fsp3) is 0.0833. The predicted molar refractivity (Wildman–Crippen MR) is 119 cm³/mol. The normalized spacial score (nSPS) is 10.5. The highest BCUT2D eigenvalue weighted by molar-refractivity contribution is 7.13. The van der Waals surface area contributed by atoms with Gasteiger partial charge in [-0.3, -0.25) is 14.6 Å². The standard InChI is InChI=1S/C24H19N3O2S/c28-22(17-6-2-1-3-7-17)11-12-23(29)26-20-10-4-8-18(14-20)21-16-30-24(27-21)19-9-5-13-25-15-19/h1-10,13-16H,11-12H2,(H,26,29). The largest absolute Gasteiger partial charge is 0.326 e. The van der Waals surface area contributed by atoms with Gasteiger partial charge in [-0.1, -0.05) is 42.5 Å². The van der Waals surface area contributed by atoms with E-state index in [9.17, 15) is 9.59 Å². The van der Waals surface area contributed by atoms with Gasteiger partial charge in [0.1, 0.15) is 5.01 Å². The van der Waals surface area contributed by atoms with Crippen LogP contribution in [0.5, 0.6) is 0 Å². The highest BCUT2D eigenvalue weighted by Crippen LogP contribution is 2.29. The third-order valence-corrected chi connectivity index (χ3v) is 5.42. The summed E-state index contributed by atoms with van der Waals surface area (Å²) in [5, 5.41) is 5.76. The average Bonchev–Trinajstić information content (AvgIpc) is 3.29. The van der Waals surface area contributed by atoms with Gasteiger partial charge in [-0.25, -0.2) is 4.98 Å². The lowest BCUT2D eigenvalue weighted by Crippen LogP contribution is -2.13. The lowest BCUT2D eigenvalue weighted by Gasteiger charge is -2.07. The highest BCUT2D eigenvalue weighted by Gasteiger charge is 2.11. The summed E-state index contributed by atoms with van der Waals surface area (Å²) in [5.41, 5.74) is 4.04. The van der Waals surface area contributed by atoms with E-state index in [1.165, 1.54) is 0 Å². The van der Waals surface area contributed by atoms with E-state index in [2.05, 4.69) is 15.3 Å². The molecule has 2 heterocycles. The summed E-state index contributed by atoms with van der Waals surface area (Å²) >= 11 is 1.55. The first-order chi connectivity index (χ1) is 14.7. The van der Waals surface area contributed by atoms with Crippen molar-refractivity contribution in [3.63, 3.8) is 0 Å². The molecule has 2 aromatic carbocycles. The van der Waals surface area contributed by atoms with Crippen molar-refractivity contribution >= 4 is 28.7 Å². The van der Waals surface area contributed by atoms with E-state index in [-0.39, 0.29) is 24.5 Å². The van der Waals surface area contributed by atoms with E-state index in [0.29, 0.717) is 11.3 Å². The number of hydrogen-bond acceptors (Lipinski definition) is 5. The molecule has 0 fully saturated rings. The smallest absolute Gasteiger partial charge is 0.224 e. The molecule has 30 heavy (non-hydrogen) atoms. The van der Waals surface area contributed by atoms with Crippen molar-refractivity contribution in [3.8, 4) is 21.8 Å². The summed E-state index contributed by atoms with van der Waals surface area (Å²) in [6.07, 6.45) is 3.84. The van der Waals surface area contributed by atoms with E-state index < -0.39 is 0 Å². The Hall–Kier alpha value is -3.64. The van der Waals surface area contributed by atoms with Crippen molar-refractivity contribution in [2.45, 2.75) is 12.8 Å². The molecule has 0 aliphatic rings. The number of pyridine rings is 1. The first kappa shape index (κ1) is 19.7. The maximum absolute atomic E-state index is 12.3. The van der Waals surface area contributed by atoms with Crippen LogP contribution < -0.4 is 5.32 Å². The van der Waals surface area contributed by atoms with Crippen LogP contribution in [0.25, 0.3) is 21.8 Å². The molecule has 0 bridgehead atoms. The number of carbonyl (C=O) groups excluding carboxylic acids is 2. The number of hydrogen-bond donors (Lipinski definition) is 1. The number of nitrogens with zero attached hydrogens (tertiary/aromatic N) is 2. The molecule has 0 unspecified atom stereocenters. The van der Waals surface area contributed by atoms with Crippen molar-refractivity contribution in [2.75, 3.05) is 5.32 Å². The molecule has 0 saturated heterocycles. The van der Waals surface area contributed by atoms with Crippen molar-refractivity contribution in [1.29, 1.82) is 0 Å². The Kier molecular flexibility index (Phi) is 6.06. The van der Waals surface area contributed by atoms with Gasteiger partial charge in [0.15, 0.2) is 5.78 Å². The van der Waals surface area contributed by atoms with Crippen molar-refractivity contribution < 1.29 is 9.59 Å². The number of aromatic nitrogens is 2. The number of amides is 1. The van der Waals surface area contributed by atoms with Crippen LogP contribution in [0.2, 0.25) is 0 Å². The van der Waals surface area contributed by atoms with Crippen LogP contribution in [-0.2, 0) is 4.79 Å². The van der Waals surface area contributed by atoms with Gasteiger partial charge in [0.25, 0.3) is 0 Å². The maximum atomic E-state index is 12.3. The molecule has 1 N–H and O–H groups in total. The summed E-state index contributed by atoms with van der Waals surface area (Å²) < 4.78 is 0. The molecule has 2 aromatic heterocycles. The van der Waals surface area contributed by atoms with Gasteiger partial charge in [-0.15, -0.1) is 11.3 Å². The number of ketones is 1. The summed E-state index contributed by atoms with van der Waals surface area (Å²) in [6.45, 7) is 0. The lowest BCUT2D eigenvalue weighted by molar-refractivity contribution is -0.116. The van der Waals surface area contributed by atoms with Gasteiger partial charge in [0.05, 0.1) is 5.69 Å². The molecular weight excluding hydrogens is 394 g/mol. The Bertz CT molecular complexity index is 1160. The molecule has 0 spiro atoms. The highest BCUT2D eigenvalue weighted by atomic mass is 32.1. The minimum atomic E-state index is -0.189. The molecule has 0 aliphatic heterocycles. The summed E-state index contributed by atoms with van der Waals surface area (Å²) in [5.74, 6) is -0.226. The number of nitrogens with one attached hydrogen (secondary N) is 1. The monoisotopic (exact) mass is 413 g/mol. The van der Waals surface area contributed by atoms with Crippen LogP contribution in [0.4, 0.5) is 5.69 Å². The Morgan fingerprint density at radius 1 is 0.900 bits per heavy atom. The topological polar surface area (TPSA) is 72.0 Å². The second-order valence-electron chi connectivity index (χ2n) is 6.70. The van der Waals surface area contributed by atoms with Gasteiger partial charge in [-0.2, -0.15) is 0 Å². The van der Waals surface area contributed by atoms with Crippen molar-refractivity contribution in [3.05, 3.63) is 90.1 Å². The zero-order valence-electron chi connectivity index (χ0n) is 16.1. The van der Waals surface area contributed by atoms with Gasteiger partial charge in [-0.05, 0) is 24.3 Å². The quantitative estimate of drug-likeness (QED) is 0.408. The van der Waals surface area contributed by atoms with E-state index in [1.54, 1.807) is 35.9 Å². The first-order valence-electron chi connectivity index (χ1n) is 9.53. The zero-order chi connectivity index (χ0) is 20.8. The van der Waals surface area contributed by atoms with E-state index >= 15 is 0 Å². The van der Waals surface area contributed by atoms with Crippen molar-refractivity contribution in [1.82, 2.24) is 9.97 Å². The summed E-state index contributed by atoms with van der Waals surface area (Å²) in [4.78, 5) is 33.3. The van der Waals surface area contributed by atoms with Gasteiger partial charge in [0, 0.05) is 53.0 Å². The third-order valence-electron chi connectivity index (χ3n) is 4.53. The predicted octanol–water partition coefficient (Wildman–Crippen LogP) is 5.47. The fourth-order valence-corrected chi connectivity index (χ4v) is 3.82. The van der Waals surface area contributed by atoms with Crippen LogP contribution in [0.3, 0.4) is 0 Å². The number of Topliss-reactive ketones (excluding diaryl/α,β-unsaturated/α-hetero) is 1. The molecule has 0 aliphatic carbocycles. The Morgan fingerprint density at radius 2 is 1.73 bits per heavy atom. The number of benzene rings is 2. The summed E-state index contributed by atoms with van der Waals surface area (Å²) in [7, 11) is 0. The van der Waals surface area contributed by atoms with Crippen LogP contribution >= 0.6 is 11.3 Å². The fourth-order valence-electron chi connectivity index (χ4n) is 3.00. The molecule has 6 heteroatoms. The van der Waals surface area contributed by atoms with Gasteiger partial charge >= 0.3 is 0 Å². The van der Waals surface area contributed by atoms with Crippen LogP contribution in [0.1, 0.15) is 23.2 Å². The second kappa shape index (κ2) is 9.24. The lowest BCUT2D eigenvalue weighted by atomic mass is 10.1. The number of anilines is 1. The SMILES string of the molecule is O=C(CCC(=O)c1ccccc1)Nc1cccc(-c2csc(-c3cccnc3)n2)c1. The average molecular weight is 414 g/mol. The van der Waals surface area contributed by atoms with Gasteiger partial charge < -0.3 is 5.32 Å². The number of carbonyl (C=O) groups is 2. The van der Waals surface area contributed by atoms with Crippen LogP contribution in [0, 0.1) is 0 Å². The van der Waals surface area contributed by atoms with Gasteiger partial charge in [0.2, 0.25) is 5.91 Å². The maximum Gasteiger partial charge on any atom is 0.224 e. The molecule has 4 aromatic rings. The molecule has 0 atom stereocenters. The third kappa shape index (κ3) is 4.85. The minimum absolute atomic E-state index is 0.0371. The van der Waals surface area contributed by atoms with E-state index in [0.717, 1.165) is 21.8 Å².